The molecule has 0 aliphatic carbocycles. The summed E-state index contributed by atoms with van der Waals surface area (Å²) in [6, 6.07) is 3.08. The summed E-state index contributed by atoms with van der Waals surface area (Å²) in [7, 11) is 4.50. The fraction of sp³-hybridized carbons (Fsp3) is 0.500. The largest absolute Gasteiger partial charge is 0.493 e. The van der Waals surface area contributed by atoms with Crippen molar-refractivity contribution in [3.8, 4) is 11.5 Å². The van der Waals surface area contributed by atoms with E-state index >= 15 is 0 Å². The maximum absolute atomic E-state index is 12.5. The third-order valence-electron chi connectivity index (χ3n) is 2.90. The molecule has 0 unspecified atom stereocenters. The highest BCUT2D eigenvalue weighted by Crippen LogP contribution is 2.36. The van der Waals surface area contributed by atoms with Crippen LogP contribution in [0.4, 0.5) is 0 Å². The highest BCUT2D eigenvalue weighted by Gasteiger charge is 2.19. The van der Waals surface area contributed by atoms with Gasteiger partial charge in [-0.05, 0) is 12.1 Å². The van der Waals surface area contributed by atoms with Crippen LogP contribution in [-0.4, -0.2) is 63.5 Å². The van der Waals surface area contributed by atoms with Crippen LogP contribution in [-0.2, 0) is 4.74 Å². The van der Waals surface area contributed by atoms with Gasteiger partial charge in [0.1, 0.15) is 0 Å². The van der Waals surface area contributed by atoms with Crippen molar-refractivity contribution in [1.29, 1.82) is 0 Å². The molecule has 0 aliphatic rings. The van der Waals surface area contributed by atoms with Crippen molar-refractivity contribution in [3.63, 3.8) is 0 Å². The van der Waals surface area contributed by atoms with E-state index in [1.165, 1.54) is 25.2 Å². The van der Waals surface area contributed by atoms with Crippen LogP contribution in [0, 0.1) is 0 Å². The minimum Gasteiger partial charge on any atom is -0.493 e. The zero-order chi connectivity index (χ0) is 15.8. The molecular formula is C14H20ClNO5. The summed E-state index contributed by atoms with van der Waals surface area (Å²) in [5.41, 5.74) is 0.363. The molecule has 0 saturated carbocycles. The van der Waals surface area contributed by atoms with Gasteiger partial charge in [0.15, 0.2) is 11.5 Å². The number of hydrogen-bond donors (Lipinski definition) is 1. The van der Waals surface area contributed by atoms with Crippen molar-refractivity contribution in [1.82, 2.24) is 4.90 Å². The summed E-state index contributed by atoms with van der Waals surface area (Å²) in [5, 5.41) is 9.35. The van der Waals surface area contributed by atoms with Gasteiger partial charge in [0.05, 0.1) is 32.5 Å². The van der Waals surface area contributed by atoms with Crippen LogP contribution in [0.1, 0.15) is 10.4 Å². The average Bonchev–Trinajstić information content (AvgIpc) is 2.49. The van der Waals surface area contributed by atoms with Crippen LogP contribution < -0.4 is 9.47 Å². The first kappa shape index (κ1) is 17.6. The van der Waals surface area contributed by atoms with Gasteiger partial charge in [0, 0.05) is 25.8 Å². The lowest BCUT2D eigenvalue weighted by Gasteiger charge is -2.22. The van der Waals surface area contributed by atoms with E-state index in [9.17, 15) is 4.79 Å². The van der Waals surface area contributed by atoms with Crippen molar-refractivity contribution in [3.05, 3.63) is 22.7 Å². The van der Waals surface area contributed by atoms with Crippen molar-refractivity contribution < 1.29 is 24.1 Å². The van der Waals surface area contributed by atoms with E-state index in [-0.39, 0.29) is 24.1 Å². The monoisotopic (exact) mass is 317 g/mol. The van der Waals surface area contributed by atoms with Gasteiger partial charge in [-0.2, -0.15) is 0 Å². The Morgan fingerprint density at radius 3 is 2.48 bits per heavy atom. The number of aliphatic hydroxyl groups is 1. The van der Waals surface area contributed by atoms with Crippen LogP contribution in [0.15, 0.2) is 12.1 Å². The molecular weight excluding hydrogens is 298 g/mol. The molecule has 7 heteroatoms. The van der Waals surface area contributed by atoms with Crippen molar-refractivity contribution in [2.75, 3.05) is 47.6 Å². The van der Waals surface area contributed by atoms with Gasteiger partial charge in [0.2, 0.25) is 0 Å². The minimum absolute atomic E-state index is 0.128. The minimum atomic E-state index is -0.260. The molecule has 0 bridgehead atoms. The molecule has 0 fully saturated rings. The summed E-state index contributed by atoms with van der Waals surface area (Å²) < 4.78 is 15.3. The predicted octanol–water partition coefficient (Wildman–Crippen LogP) is 1.44. The van der Waals surface area contributed by atoms with E-state index in [1.54, 1.807) is 13.2 Å². The van der Waals surface area contributed by atoms with Gasteiger partial charge >= 0.3 is 0 Å². The van der Waals surface area contributed by atoms with Gasteiger partial charge in [-0.25, -0.2) is 0 Å². The Hall–Kier alpha value is -1.50. The second-order valence-electron chi connectivity index (χ2n) is 4.20. The summed E-state index contributed by atoms with van der Waals surface area (Å²) >= 11 is 6.09. The average molecular weight is 318 g/mol. The first-order valence-electron chi connectivity index (χ1n) is 6.39. The summed E-state index contributed by atoms with van der Waals surface area (Å²) in [6.07, 6.45) is 0. The van der Waals surface area contributed by atoms with Gasteiger partial charge in [0.25, 0.3) is 5.91 Å². The molecule has 1 aromatic rings. The summed E-state index contributed by atoms with van der Waals surface area (Å²) in [6.45, 7) is 0.846. The number of halogens is 1. The van der Waals surface area contributed by atoms with Crippen molar-refractivity contribution >= 4 is 17.5 Å². The lowest BCUT2D eigenvalue weighted by atomic mass is 10.1. The molecule has 118 valence electrons. The fourth-order valence-electron chi connectivity index (χ4n) is 1.86. The number of amides is 1. The highest BCUT2D eigenvalue weighted by atomic mass is 35.5. The molecule has 1 N–H and O–H groups in total. The van der Waals surface area contributed by atoms with E-state index in [0.717, 1.165) is 0 Å². The Balaban J connectivity index is 3.06. The van der Waals surface area contributed by atoms with E-state index in [0.29, 0.717) is 30.2 Å². The standard InChI is InChI=1S/C14H20ClNO5/c1-19-7-5-16(4-6-17)14(18)10-8-11(15)13(21-3)12(9-10)20-2/h8-9,17H,4-7H2,1-3H3. The van der Waals surface area contributed by atoms with Gasteiger partial charge in [-0.3, -0.25) is 4.79 Å². The Morgan fingerprint density at radius 1 is 1.24 bits per heavy atom. The molecule has 0 aliphatic heterocycles. The zero-order valence-corrected chi connectivity index (χ0v) is 13.1. The number of aliphatic hydroxyl groups excluding tert-OH is 1. The zero-order valence-electron chi connectivity index (χ0n) is 12.4. The molecule has 0 atom stereocenters. The fourth-order valence-corrected chi connectivity index (χ4v) is 2.15. The van der Waals surface area contributed by atoms with Gasteiger partial charge in [-0.15, -0.1) is 0 Å². The van der Waals surface area contributed by atoms with Crippen LogP contribution in [0.3, 0.4) is 0 Å². The second-order valence-corrected chi connectivity index (χ2v) is 4.61. The highest BCUT2D eigenvalue weighted by molar-refractivity contribution is 6.32. The third kappa shape index (κ3) is 4.49. The summed E-state index contributed by atoms with van der Waals surface area (Å²) in [4.78, 5) is 14.0. The van der Waals surface area contributed by atoms with Gasteiger partial charge < -0.3 is 24.2 Å². The molecule has 1 aromatic carbocycles. The molecule has 0 aromatic heterocycles. The maximum atomic E-state index is 12.5. The normalized spacial score (nSPS) is 10.3. The van der Waals surface area contributed by atoms with E-state index in [2.05, 4.69) is 0 Å². The molecule has 1 amide bonds. The summed E-state index contributed by atoms with van der Waals surface area (Å²) in [5.74, 6) is 0.495. The third-order valence-corrected chi connectivity index (χ3v) is 3.18. The number of rotatable bonds is 8. The Labute approximate surface area is 129 Å². The van der Waals surface area contributed by atoms with E-state index in [4.69, 9.17) is 30.9 Å². The first-order chi connectivity index (χ1) is 10.1. The van der Waals surface area contributed by atoms with E-state index in [1.807, 2.05) is 0 Å². The number of nitrogens with zero attached hydrogens (tertiary/aromatic N) is 1. The number of benzene rings is 1. The van der Waals surface area contributed by atoms with Crippen molar-refractivity contribution in [2.24, 2.45) is 0 Å². The molecule has 21 heavy (non-hydrogen) atoms. The lowest BCUT2D eigenvalue weighted by molar-refractivity contribution is 0.0656. The van der Waals surface area contributed by atoms with Crippen molar-refractivity contribution in [2.45, 2.75) is 0 Å². The molecule has 1 rings (SSSR count). The second kappa shape index (κ2) is 8.71. The molecule has 0 radical (unpaired) electrons. The van der Waals surface area contributed by atoms with Gasteiger partial charge in [-0.1, -0.05) is 11.6 Å². The topological polar surface area (TPSA) is 68.2 Å². The SMILES string of the molecule is COCCN(CCO)C(=O)c1cc(Cl)c(OC)c(OC)c1. The Morgan fingerprint density at radius 2 is 1.95 bits per heavy atom. The Bertz CT molecular complexity index is 481. The van der Waals surface area contributed by atoms with Crippen LogP contribution >= 0.6 is 11.6 Å². The van der Waals surface area contributed by atoms with E-state index < -0.39 is 0 Å². The number of ether oxygens (including phenoxy) is 3. The predicted molar refractivity (Wildman–Crippen MR) is 79.4 cm³/mol. The lowest BCUT2D eigenvalue weighted by Crippen LogP contribution is -2.36. The molecule has 0 spiro atoms. The molecule has 0 saturated heterocycles. The quantitative estimate of drug-likeness (QED) is 0.785. The Kier molecular flexibility index (Phi) is 7.28. The van der Waals surface area contributed by atoms with Crippen LogP contribution in [0.25, 0.3) is 0 Å². The number of methoxy groups -OCH3 is 3. The van der Waals surface area contributed by atoms with Crippen LogP contribution in [0.2, 0.25) is 5.02 Å². The smallest absolute Gasteiger partial charge is 0.254 e. The molecule has 0 heterocycles. The number of carbonyl (C=O) groups is 1. The molecule has 6 nitrogen and oxygen atoms in total. The maximum Gasteiger partial charge on any atom is 0.254 e. The van der Waals surface area contributed by atoms with Crippen LogP contribution in [0.5, 0.6) is 11.5 Å². The first-order valence-corrected chi connectivity index (χ1v) is 6.77. The number of carbonyl (C=O) groups excluding carboxylic acids is 1. The number of hydrogen-bond acceptors (Lipinski definition) is 5.